The third-order valence-corrected chi connectivity index (χ3v) is 3.84. The van der Waals surface area contributed by atoms with Crippen LogP contribution in [0.4, 0.5) is 17.6 Å². The Morgan fingerprint density at radius 1 is 1.21 bits per heavy atom. The highest BCUT2D eigenvalue weighted by Gasteiger charge is 2.14. The summed E-state index contributed by atoms with van der Waals surface area (Å²) < 4.78 is 0. The lowest BCUT2D eigenvalue weighted by Crippen LogP contribution is -2.13. The van der Waals surface area contributed by atoms with Crippen molar-refractivity contribution in [2.24, 2.45) is 5.84 Å². The van der Waals surface area contributed by atoms with Crippen molar-refractivity contribution in [3.63, 3.8) is 0 Å². The summed E-state index contributed by atoms with van der Waals surface area (Å²) in [5, 5.41) is 4.32. The number of rotatable bonds is 4. The Balaban J connectivity index is 2.21. The molecule has 0 radical (unpaired) electrons. The molecule has 8 heteroatoms. The summed E-state index contributed by atoms with van der Waals surface area (Å²) in [5.41, 5.74) is 9.10. The first kappa shape index (κ1) is 13.5. The van der Waals surface area contributed by atoms with Crippen LogP contribution in [0, 0.1) is 13.8 Å². The molecule has 0 aliphatic heterocycles. The normalized spacial score (nSPS) is 12.2. The van der Waals surface area contributed by atoms with Crippen molar-refractivity contribution in [3.8, 4) is 0 Å². The number of nitrogens with two attached hydrogens (primary N) is 2. The second-order valence-corrected chi connectivity index (χ2v) is 5.42. The molecule has 1 unspecified atom stereocenters. The summed E-state index contributed by atoms with van der Waals surface area (Å²) >= 11 is 1.67. The minimum atomic E-state index is 0.0890. The van der Waals surface area contributed by atoms with Gasteiger partial charge in [-0.2, -0.15) is 9.97 Å². The van der Waals surface area contributed by atoms with Gasteiger partial charge in [-0.05, 0) is 20.8 Å². The van der Waals surface area contributed by atoms with Crippen LogP contribution in [-0.4, -0.2) is 15.0 Å². The minimum Gasteiger partial charge on any atom is -0.368 e. The summed E-state index contributed by atoms with van der Waals surface area (Å²) in [6.07, 6.45) is 0. The van der Waals surface area contributed by atoms with Gasteiger partial charge in [0.25, 0.3) is 0 Å². The molecule has 0 aliphatic rings. The Morgan fingerprint density at radius 2 is 1.89 bits per heavy atom. The number of hydrogen-bond acceptors (Lipinski definition) is 8. The van der Waals surface area contributed by atoms with Crippen molar-refractivity contribution in [1.29, 1.82) is 0 Å². The summed E-state index contributed by atoms with van der Waals surface area (Å²) in [7, 11) is 0. The van der Waals surface area contributed by atoms with Gasteiger partial charge in [-0.15, -0.1) is 11.3 Å². The van der Waals surface area contributed by atoms with Gasteiger partial charge in [0.15, 0.2) is 0 Å². The highest BCUT2D eigenvalue weighted by atomic mass is 32.1. The number of nitrogen functional groups attached to an aromatic ring is 2. The average molecular weight is 279 g/mol. The monoisotopic (exact) mass is 279 g/mol. The van der Waals surface area contributed by atoms with Gasteiger partial charge in [0.2, 0.25) is 5.95 Å². The van der Waals surface area contributed by atoms with Crippen LogP contribution < -0.4 is 22.3 Å². The summed E-state index contributed by atoms with van der Waals surface area (Å²) in [6, 6.07) is 1.79. The maximum atomic E-state index is 5.62. The average Bonchev–Trinajstić information content (AvgIpc) is 2.67. The molecule has 0 amide bonds. The van der Waals surface area contributed by atoms with Gasteiger partial charge in [-0.25, -0.2) is 10.8 Å². The molecule has 1 atom stereocenters. The highest BCUT2D eigenvalue weighted by molar-refractivity contribution is 7.11. The lowest BCUT2D eigenvalue weighted by Gasteiger charge is -2.14. The molecule has 6 N–H and O–H groups in total. The fourth-order valence-electron chi connectivity index (χ4n) is 1.85. The van der Waals surface area contributed by atoms with Crippen molar-refractivity contribution in [2.45, 2.75) is 26.8 Å². The first-order valence-corrected chi connectivity index (χ1v) is 6.63. The van der Waals surface area contributed by atoms with Crippen molar-refractivity contribution >= 4 is 28.9 Å². The van der Waals surface area contributed by atoms with Gasteiger partial charge in [-0.3, -0.25) is 0 Å². The number of hydrazine groups is 1. The number of anilines is 3. The zero-order valence-corrected chi connectivity index (χ0v) is 11.9. The Kier molecular flexibility index (Phi) is 3.82. The van der Waals surface area contributed by atoms with Gasteiger partial charge in [0, 0.05) is 10.9 Å². The molecule has 2 heterocycles. The number of thiazole rings is 1. The highest BCUT2D eigenvalue weighted by Crippen LogP contribution is 2.27. The van der Waals surface area contributed by atoms with E-state index in [1.54, 1.807) is 17.4 Å². The molecule has 0 fully saturated rings. The van der Waals surface area contributed by atoms with E-state index in [-0.39, 0.29) is 12.0 Å². The van der Waals surface area contributed by atoms with Crippen molar-refractivity contribution < 1.29 is 0 Å². The molecule has 2 aromatic heterocycles. The van der Waals surface area contributed by atoms with Gasteiger partial charge in [0.05, 0.1) is 16.7 Å². The molecule has 2 aromatic rings. The van der Waals surface area contributed by atoms with E-state index in [1.807, 2.05) is 20.8 Å². The zero-order valence-electron chi connectivity index (χ0n) is 11.1. The minimum absolute atomic E-state index is 0.0890. The Hall–Kier alpha value is -1.93. The largest absolute Gasteiger partial charge is 0.368 e. The van der Waals surface area contributed by atoms with E-state index >= 15 is 0 Å². The molecular weight excluding hydrogens is 262 g/mol. The number of aryl methyl sites for hydroxylation is 2. The van der Waals surface area contributed by atoms with E-state index in [2.05, 4.69) is 25.7 Å². The Bertz CT molecular complexity index is 580. The number of nitrogens with one attached hydrogen (secondary N) is 2. The second kappa shape index (κ2) is 5.37. The quantitative estimate of drug-likeness (QED) is 0.496. The summed E-state index contributed by atoms with van der Waals surface area (Å²) in [5.74, 6) is 6.59. The Morgan fingerprint density at radius 3 is 2.47 bits per heavy atom. The van der Waals surface area contributed by atoms with Crippen molar-refractivity contribution in [2.75, 3.05) is 16.5 Å². The SMILES string of the molecule is Cc1nc(C)c(C(C)Nc2cc(NN)nc(N)n2)s1. The molecule has 0 saturated heterocycles. The molecule has 102 valence electrons. The van der Waals surface area contributed by atoms with E-state index in [9.17, 15) is 0 Å². The molecule has 2 rings (SSSR count). The van der Waals surface area contributed by atoms with Gasteiger partial charge < -0.3 is 16.5 Å². The maximum Gasteiger partial charge on any atom is 0.223 e. The summed E-state index contributed by atoms with van der Waals surface area (Å²) in [6.45, 7) is 6.04. The molecule has 0 bridgehead atoms. The lowest BCUT2D eigenvalue weighted by molar-refractivity contribution is 0.878. The molecule has 7 nitrogen and oxygen atoms in total. The first-order chi connectivity index (χ1) is 8.99. The second-order valence-electron chi connectivity index (χ2n) is 4.19. The van der Waals surface area contributed by atoms with E-state index in [0.29, 0.717) is 11.6 Å². The Labute approximate surface area is 115 Å². The topological polar surface area (TPSA) is 115 Å². The maximum absolute atomic E-state index is 5.62. The predicted octanol–water partition coefficient (Wildman–Crippen LogP) is 1.59. The van der Waals surface area contributed by atoms with Gasteiger partial charge in [-0.1, -0.05) is 0 Å². The third-order valence-electron chi connectivity index (χ3n) is 2.59. The molecular formula is C11H17N7S. The molecule has 0 aliphatic carbocycles. The fraction of sp³-hybridized carbons (Fsp3) is 0.364. The first-order valence-electron chi connectivity index (χ1n) is 5.81. The van der Waals surface area contributed by atoms with Crippen LogP contribution in [0.3, 0.4) is 0 Å². The van der Waals surface area contributed by atoms with E-state index < -0.39 is 0 Å². The number of hydrogen-bond donors (Lipinski definition) is 4. The van der Waals surface area contributed by atoms with Crippen LogP contribution in [0.25, 0.3) is 0 Å². The summed E-state index contributed by atoms with van der Waals surface area (Å²) in [4.78, 5) is 13.7. The van der Waals surface area contributed by atoms with Crippen LogP contribution in [0.2, 0.25) is 0 Å². The fourth-order valence-corrected chi connectivity index (χ4v) is 2.78. The number of nitrogens with zero attached hydrogens (tertiary/aromatic N) is 3. The lowest BCUT2D eigenvalue weighted by atomic mass is 10.2. The zero-order chi connectivity index (χ0) is 14.0. The van der Waals surface area contributed by atoms with Gasteiger partial charge in [0.1, 0.15) is 11.6 Å². The smallest absolute Gasteiger partial charge is 0.223 e. The van der Waals surface area contributed by atoms with Crippen LogP contribution in [0.5, 0.6) is 0 Å². The molecule has 0 aromatic carbocycles. The van der Waals surface area contributed by atoms with E-state index in [1.165, 1.54) is 4.88 Å². The van der Waals surface area contributed by atoms with Gasteiger partial charge >= 0.3 is 0 Å². The van der Waals surface area contributed by atoms with Crippen LogP contribution in [-0.2, 0) is 0 Å². The molecule has 0 spiro atoms. The van der Waals surface area contributed by atoms with Crippen LogP contribution in [0.1, 0.15) is 28.5 Å². The third kappa shape index (κ3) is 3.09. The van der Waals surface area contributed by atoms with E-state index in [0.717, 1.165) is 10.7 Å². The molecule has 0 saturated carbocycles. The van der Waals surface area contributed by atoms with Crippen molar-refractivity contribution in [1.82, 2.24) is 15.0 Å². The standard InChI is InChI=1S/C11H17N7S/c1-5-10(19-7(3)14-5)6(2)15-8-4-9(18-13)17-11(12)16-8/h4,6H,13H2,1-3H3,(H4,12,15,16,17,18). The predicted molar refractivity (Wildman–Crippen MR) is 77.9 cm³/mol. The van der Waals surface area contributed by atoms with Crippen LogP contribution in [0.15, 0.2) is 6.07 Å². The van der Waals surface area contributed by atoms with E-state index in [4.69, 9.17) is 11.6 Å². The number of aromatic nitrogens is 3. The van der Waals surface area contributed by atoms with Crippen molar-refractivity contribution in [3.05, 3.63) is 21.6 Å². The molecule has 19 heavy (non-hydrogen) atoms. The van der Waals surface area contributed by atoms with Crippen LogP contribution >= 0.6 is 11.3 Å².